The smallest absolute Gasteiger partial charge is 0.253 e. The van der Waals surface area contributed by atoms with Crippen LogP contribution in [0.1, 0.15) is 37.5 Å². The molecule has 0 N–H and O–H groups in total. The van der Waals surface area contributed by atoms with Gasteiger partial charge in [-0.15, -0.1) is 0 Å². The molecule has 1 amide bonds. The number of rotatable bonds is 3. The molecule has 2 fully saturated rings. The summed E-state index contributed by atoms with van der Waals surface area (Å²) >= 11 is 0. The van der Waals surface area contributed by atoms with Gasteiger partial charge in [0.1, 0.15) is 11.8 Å². The second kappa shape index (κ2) is 6.76. The fraction of sp³-hybridized carbons (Fsp3) is 0.706. The van der Waals surface area contributed by atoms with Gasteiger partial charge in [-0.3, -0.25) is 9.69 Å². The topological polar surface area (TPSA) is 80.9 Å². The molecule has 136 valence electrons. The molecule has 3 aliphatic heterocycles. The lowest BCUT2D eigenvalue weighted by molar-refractivity contribution is -0.139. The number of aryl methyl sites for hydroxylation is 1. The van der Waals surface area contributed by atoms with Crippen molar-refractivity contribution in [1.29, 1.82) is 0 Å². The van der Waals surface area contributed by atoms with Crippen LogP contribution >= 0.6 is 0 Å². The Morgan fingerprint density at radius 3 is 2.80 bits per heavy atom. The lowest BCUT2D eigenvalue weighted by Gasteiger charge is -2.49. The van der Waals surface area contributed by atoms with Crippen LogP contribution in [0.5, 0.6) is 0 Å². The number of ether oxygens (including phenoxy) is 2. The lowest BCUT2D eigenvalue weighted by atomic mass is 9.99. The molecule has 4 rings (SSSR count). The first-order valence-electron chi connectivity index (χ1n) is 8.89. The largest absolute Gasteiger partial charge is 0.498 e. The van der Waals surface area contributed by atoms with Crippen molar-refractivity contribution in [2.45, 2.75) is 38.8 Å². The number of hydrogen-bond acceptors (Lipinski definition) is 7. The zero-order valence-electron chi connectivity index (χ0n) is 14.7. The molecule has 0 bridgehead atoms. The maximum atomic E-state index is 12.7. The highest BCUT2D eigenvalue weighted by Crippen LogP contribution is 2.30. The minimum absolute atomic E-state index is 0.0313. The third-order valence-electron chi connectivity index (χ3n) is 5.19. The van der Waals surface area contributed by atoms with E-state index in [4.69, 9.17) is 14.0 Å². The maximum Gasteiger partial charge on any atom is 0.253 e. The average Bonchev–Trinajstić information content (AvgIpc) is 3.00. The summed E-state index contributed by atoms with van der Waals surface area (Å²) in [7, 11) is 0. The normalized spacial score (nSPS) is 25.7. The summed E-state index contributed by atoms with van der Waals surface area (Å²) < 4.78 is 16.5. The van der Waals surface area contributed by atoms with Crippen molar-refractivity contribution in [2.24, 2.45) is 0 Å². The second-order valence-electron chi connectivity index (χ2n) is 6.86. The van der Waals surface area contributed by atoms with E-state index in [2.05, 4.69) is 15.0 Å². The highest BCUT2D eigenvalue weighted by Gasteiger charge is 2.42. The Hall–Kier alpha value is -1.93. The maximum absolute atomic E-state index is 12.7. The molecule has 25 heavy (non-hydrogen) atoms. The molecule has 0 aliphatic carbocycles. The van der Waals surface area contributed by atoms with Crippen molar-refractivity contribution >= 4 is 5.91 Å². The molecule has 3 aliphatic rings. The van der Waals surface area contributed by atoms with Crippen LogP contribution in [0.2, 0.25) is 0 Å². The van der Waals surface area contributed by atoms with E-state index >= 15 is 0 Å². The van der Waals surface area contributed by atoms with Gasteiger partial charge in [0.05, 0.1) is 25.4 Å². The van der Waals surface area contributed by atoms with E-state index in [1.807, 2.05) is 18.7 Å². The first kappa shape index (κ1) is 16.5. The fourth-order valence-corrected chi connectivity index (χ4v) is 3.73. The third kappa shape index (κ3) is 3.16. The van der Waals surface area contributed by atoms with Crippen molar-refractivity contribution in [3.8, 4) is 0 Å². The number of carbonyl (C=O) groups excluding carboxylic acids is 1. The number of allylic oxidation sites excluding steroid dienone is 1. The molecule has 0 aromatic carbocycles. The first-order valence-corrected chi connectivity index (χ1v) is 8.89. The molecule has 1 atom stereocenters. The highest BCUT2D eigenvalue weighted by molar-refractivity contribution is 5.94. The van der Waals surface area contributed by atoms with Gasteiger partial charge < -0.3 is 18.9 Å². The Bertz CT molecular complexity index is 680. The number of amides is 1. The number of carbonyl (C=O) groups is 1. The molecule has 0 saturated carbocycles. The summed E-state index contributed by atoms with van der Waals surface area (Å²) in [5.74, 6) is 2.13. The van der Waals surface area contributed by atoms with Crippen LogP contribution in [0, 0.1) is 6.92 Å². The Labute approximate surface area is 146 Å². The zero-order valence-corrected chi connectivity index (χ0v) is 14.7. The van der Waals surface area contributed by atoms with Gasteiger partial charge in [-0.2, -0.15) is 4.98 Å². The van der Waals surface area contributed by atoms with Gasteiger partial charge in [0.2, 0.25) is 5.89 Å². The number of aromatic nitrogens is 2. The molecule has 1 unspecified atom stereocenters. The van der Waals surface area contributed by atoms with E-state index < -0.39 is 0 Å². The number of likely N-dealkylation sites (tertiary alicyclic amines) is 1. The van der Waals surface area contributed by atoms with Crippen LogP contribution in [-0.2, 0) is 14.3 Å². The van der Waals surface area contributed by atoms with Gasteiger partial charge in [0.25, 0.3) is 5.91 Å². The van der Waals surface area contributed by atoms with E-state index in [1.54, 1.807) is 0 Å². The van der Waals surface area contributed by atoms with Crippen LogP contribution in [-0.4, -0.2) is 71.3 Å². The summed E-state index contributed by atoms with van der Waals surface area (Å²) in [6.45, 7) is 7.90. The molecule has 8 heteroatoms. The van der Waals surface area contributed by atoms with E-state index in [0.717, 1.165) is 43.8 Å². The number of nitrogens with zero attached hydrogens (tertiary/aromatic N) is 4. The van der Waals surface area contributed by atoms with Crippen LogP contribution in [0.15, 0.2) is 15.9 Å². The molecule has 1 aromatic heterocycles. The van der Waals surface area contributed by atoms with Crippen LogP contribution in [0.4, 0.5) is 0 Å². The summed E-state index contributed by atoms with van der Waals surface area (Å²) in [6, 6.07) is 0.270. The third-order valence-corrected chi connectivity index (χ3v) is 5.19. The van der Waals surface area contributed by atoms with Gasteiger partial charge in [-0.25, -0.2) is 0 Å². The average molecular weight is 348 g/mol. The standard InChI is InChI=1S/C17H24N4O4/c1-11-14(4-3-6-24-11)17(22)20-8-13(9-20)21-5-7-23-10-15(21)16-18-12(2)19-25-16/h13,15H,3-10H2,1-2H3. The molecular formula is C17H24N4O4. The highest BCUT2D eigenvalue weighted by atomic mass is 16.5. The van der Waals surface area contributed by atoms with Gasteiger partial charge in [-0.05, 0) is 26.7 Å². The van der Waals surface area contributed by atoms with Crippen molar-refractivity contribution in [3.63, 3.8) is 0 Å². The molecule has 2 saturated heterocycles. The van der Waals surface area contributed by atoms with Crippen molar-refractivity contribution in [2.75, 3.05) is 39.5 Å². The number of hydrogen-bond donors (Lipinski definition) is 0. The van der Waals surface area contributed by atoms with E-state index in [0.29, 0.717) is 37.6 Å². The monoisotopic (exact) mass is 348 g/mol. The van der Waals surface area contributed by atoms with Crippen LogP contribution < -0.4 is 0 Å². The van der Waals surface area contributed by atoms with Gasteiger partial charge in [0.15, 0.2) is 5.82 Å². The predicted octanol–water partition coefficient (Wildman–Crippen LogP) is 1.05. The minimum Gasteiger partial charge on any atom is -0.498 e. The summed E-state index contributed by atoms with van der Waals surface area (Å²) in [4.78, 5) is 21.3. The van der Waals surface area contributed by atoms with Gasteiger partial charge in [-0.1, -0.05) is 5.16 Å². The molecule has 0 radical (unpaired) electrons. The van der Waals surface area contributed by atoms with Crippen molar-refractivity contribution in [1.82, 2.24) is 19.9 Å². The van der Waals surface area contributed by atoms with Gasteiger partial charge >= 0.3 is 0 Å². The molecular weight excluding hydrogens is 324 g/mol. The van der Waals surface area contributed by atoms with E-state index in [1.165, 1.54) is 0 Å². The quantitative estimate of drug-likeness (QED) is 0.807. The fourth-order valence-electron chi connectivity index (χ4n) is 3.73. The van der Waals surface area contributed by atoms with Crippen LogP contribution in [0.3, 0.4) is 0 Å². The van der Waals surface area contributed by atoms with E-state index in [9.17, 15) is 4.79 Å². The minimum atomic E-state index is -0.0313. The summed E-state index contributed by atoms with van der Waals surface area (Å²) in [5, 5.41) is 3.89. The van der Waals surface area contributed by atoms with Crippen LogP contribution in [0.25, 0.3) is 0 Å². The van der Waals surface area contributed by atoms with Crippen molar-refractivity contribution in [3.05, 3.63) is 23.0 Å². The Balaban J connectivity index is 1.41. The molecule has 0 spiro atoms. The zero-order chi connectivity index (χ0) is 17.4. The number of morpholine rings is 1. The SMILES string of the molecule is CC1=C(C(=O)N2CC(N3CCOCC3c3nc(C)no3)C2)CCCO1. The summed E-state index contributed by atoms with van der Waals surface area (Å²) in [5.41, 5.74) is 0.829. The molecule has 4 heterocycles. The molecule has 1 aromatic rings. The second-order valence-corrected chi connectivity index (χ2v) is 6.86. The predicted molar refractivity (Wildman–Crippen MR) is 87.6 cm³/mol. The Morgan fingerprint density at radius 2 is 2.08 bits per heavy atom. The Kier molecular flexibility index (Phi) is 4.47. The molecule has 8 nitrogen and oxygen atoms in total. The Morgan fingerprint density at radius 1 is 1.24 bits per heavy atom. The van der Waals surface area contributed by atoms with E-state index in [-0.39, 0.29) is 11.9 Å². The lowest BCUT2D eigenvalue weighted by Crippen LogP contribution is -2.63. The summed E-state index contributed by atoms with van der Waals surface area (Å²) in [6.07, 6.45) is 1.73. The van der Waals surface area contributed by atoms with Gasteiger partial charge in [0, 0.05) is 25.7 Å². The first-order chi connectivity index (χ1) is 12.1. The van der Waals surface area contributed by atoms with Crippen molar-refractivity contribution < 1.29 is 18.8 Å².